The summed E-state index contributed by atoms with van der Waals surface area (Å²) in [5.74, 6) is -0.611. The third-order valence-electron chi connectivity index (χ3n) is 3.45. The highest BCUT2D eigenvalue weighted by molar-refractivity contribution is 5.92. The maximum atomic E-state index is 12.4. The van der Waals surface area contributed by atoms with Crippen LogP contribution in [0.25, 0.3) is 0 Å². The molecule has 2 rings (SSSR count). The summed E-state index contributed by atoms with van der Waals surface area (Å²) in [6.07, 6.45) is -2.99. The van der Waals surface area contributed by atoms with Gasteiger partial charge in [-0.25, -0.2) is 0 Å². The quantitative estimate of drug-likeness (QED) is 0.885. The highest BCUT2D eigenvalue weighted by Crippen LogP contribution is 2.28. The molecule has 0 aliphatic carbocycles. The lowest BCUT2D eigenvalue weighted by Gasteiger charge is -2.36. The molecule has 0 aromatic carbocycles. The largest absolute Gasteiger partial charge is 0.417 e. The van der Waals surface area contributed by atoms with Gasteiger partial charge in [-0.3, -0.25) is 9.78 Å². The number of hydrogen-bond acceptors (Lipinski definition) is 4. The Bertz CT molecular complexity index is 496. The molecule has 0 bridgehead atoms. The zero-order valence-corrected chi connectivity index (χ0v) is 11.1. The molecule has 1 saturated heterocycles. The van der Waals surface area contributed by atoms with Crippen LogP contribution in [0.3, 0.4) is 0 Å². The van der Waals surface area contributed by atoms with E-state index in [-0.39, 0.29) is 12.3 Å². The summed E-state index contributed by atoms with van der Waals surface area (Å²) in [6.45, 7) is 0.547. The Labute approximate surface area is 119 Å². The van der Waals surface area contributed by atoms with Gasteiger partial charge in [0.15, 0.2) is 0 Å². The zero-order valence-electron chi connectivity index (χ0n) is 11.1. The number of halogens is 3. The Balaban J connectivity index is 2.09. The second-order valence-corrected chi connectivity index (χ2v) is 4.93. The minimum Gasteiger partial charge on any atom is -0.394 e. The van der Waals surface area contributed by atoms with Gasteiger partial charge in [0.1, 0.15) is 5.69 Å². The Morgan fingerprint density at radius 3 is 2.52 bits per heavy atom. The number of hydrogen-bond donors (Lipinski definition) is 2. The topological polar surface area (TPSA) is 71.5 Å². The van der Waals surface area contributed by atoms with E-state index in [1.807, 2.05) is 0 Å². The van der Waals surface area contributed by atoms with Crippen LogP contribution in [0.2, 0.25) is 0 Å². The van der Waals surface area contributed by atoms with E-state index in [9.17, 15) is 23.1 Å². The maximum absolute atomic E-state index is 12.4. The summed E-state index contributed by atoms with van der Waals surface area (Å²) in [5.41, 5.74) is -1.84. The average Bonchev–Trinajstić information content (AvgIpc) is 2.47. The maximum Gasteiger partial charge on any atom is 0.417 e. The van der Waals surface area contributed by atoms with Gasteiger partial charge in [0.2, 0.25) is 0 Å². The molecule has 2 N–H and O–H groups in total. The minimum atomic E-state index is -4.49. The number of ether oxygens (including phenoxy) is 1. The number of amides is 1. The predicted molar refractivity (Wildman–Crippen MR) is 66.6 cm³/mol. The van der Waals surface area contributed by atoms with Crippen molar-refractivity contribution in [3.8, 4) is 0 Å². The van der Waals surface area contributed by atoms with Gasteiger partial charge in [0.25, 0.3) is 5.91 Å². The van der Waals surface area contributed by atoms with E-state index in [1.165, 1.54) is 0 Å². The van der Waals surface area contributed by atoms with Crippen molar-refractivity contribution in [3.05, 3.63) is 29.6 Å². The van der Waals surface area contributed by atoms with Crippen molar-refractivity contribution in [3.63, 3.8) is 0 Å². The molecule has 1 aromatic heterocycles. The van der Waals surface area contributed by atoms with Crippen molar-refractivity contribution >= 4 is 5.91 Å². The Morgan fingerprint density at radius 1 is 1.38 bits per heavy atom. The van der Waals surface area contributed by atoms with Crippen LogP contribution >= 0.6 is 0 Å². The standard InChI is InChI=1S/C13H15F3N2O3/c14-13(15,16)9-1-2-10(17-7-9)11(20)18-12(8-19)3-5-21-6-4-12/h1-2,7,19H,3-6,8H2,(H,18,20). The molecule has 116 valence electrons. The number of carbonyl (C=O) groups is 1. The van der Waals surface area contributed by atoms with Gasteiger partial charge in [0.05, 0.1) is 17.7 Å². The van der Waals surface area contributed by atoms with Crippen LogP contribution in [0, 0.1) is 0 Å². The summed E-state index contributed by atoms with van der Waals surface area (Å²) in [5, 5.41) is 12.1. The van der Waals surface area contributed by atoms with E-state index in [0.29, 0.717) is 32.3 Å². The monoisotopic (exact) mass is 304 g/mol. The van der Waals surface area contributed by atoms with Gasteiger partial charge in [-0.15, -0.1) is 0 Å². The normalized spacial score (nSPS) is 18.3. The number of aliphatic hydroxyl groups is 1. The van der Waals surface area contributed by atoms with Gasteiger partial charge in [-0.2, -0.15) is 13.2 Å². The Morgan fingerprint density at radius 2 is 2.05 bits per heavy atom. The molecule has 8 heteroatoms. The fourth-order valence-corrected chi connectivity index (χ4v) is 2.09. The molecular weight excluding hydrogens is 289 g/mol. The first-order valence-corrected chi connectivity index (χ1v) is 6.41. The number of nitrogens with zero attached hydrogens (tertiary/aromatic N) is 1. The number of pyridine rings is 1. The molecule has 1 aliphatic heterocycles. The number of aliphatic hydroxyl groups excluding tert-OH is 1. The molecule has 1 fully saturated rings. The molecule has 2 heterocycles. The van der Waals surface area contributed by atoms with Crippen LogP contribution in [0.5, 0.6) is 0 Å². The highest BCUT2D eigenvalue weighted by Gasteiger charge is 2.35. The molecule has 0 atom stereocenters. The third-order valence-corrected chi connectivity index (χ3v) is 3.45. The van der Waals surface area contributed by atoms with Crippen molar-refractivity contribution in [2.75, 3.05) is 19.8 Å². The van der Waals surface area contributed by atoms with Gasteiger partial charge < -0.3 is 15.2 Å². The van der Waals surface area contributed by atoms with Gasteiger partial charge in [-0.05, 0) is 25.0 Å². The Kier molecular flexibility index (Phi) is 4.48. The van der Waals surface area contributed by atoms with E-state index < -0.39 is 23.2 Å². The molecule has 0 radical (unpaired) electrons. The van der Waals surface area contributed by atoms with Crippen LogP contribution in [0.4, 0.5) is 13.2 Å². The van der Waals surface area contributed by atoms with E-state index in [2.05, 4.69) is 10.3 Å². The SMILES string of the molecule is O=C(NC1(CO)CCOCC1)c1ccc(C(F)(F)F)cn1. The van der Waals surface area contributed by atoms with Crippen LogP contribution < -0.4 is 5.32 Å². The van der Waals surface area contributed by atoms with Crippen LogP contribution in [-0.4, -0.2) is 41.4 Å². The summed E-state index contributed by atoms with van der Waals surface area (Å²) < 4.78 is 42.4. The summed E-state index contributed by atoms with van der Waals surface area (Å²) in [6, 6.07) is 1.82. The van der Waals surface area contributed by atoms with E-state index in [4.69, 9.17) is 4.74 Å². The first-order chi connectivity index (χ1) is 9.86. The average molecular weight is 304 g/mol. The van der Waals surface area contributed by atoms with Gasteiger partial charge >= 0.3 is 6.18 Å². The van der Waals surface area contributed by atoms with Crippen molar-refractivity contribution in [2.45, 2.75) is 24.6 Å². The van der Waals surface area contributed by atoms with Gasteiger partial charge in [-0.1, -0.05) is 0 Å². The second-order valence-electron chi connectivity index (χ2n) is 4.93. The predicted octanol–water partition coefficient (Wildman–Crippen LogP) is 1.37. The second kappa shape index (κ2) is 5.98. The van der Waals surface area contributed by atoms with Crippen molar-refractivity contribution in [2.24, 2.45) is 0 Å². The number of carbonyl (C=O) groups excluding carboxylic acids is 1. The molecule has 1 aliphatic rings. The fourth-order valence-electron chi connectivity index (χ4n) is 2.09. The van der Waals surface area contributed by atoms with Gasteiger partial charge in [0, 0.05) is 19.4 Å². The molecule has 0 saturated carbocycles. The van der Waals surface area contributed by atoms with Crippen molar-refractivity contribution < 1.29 is 27.8 Å². The van der Waals surface area contributed by atoms with E-state index in [1.54, 1.807) is 0 Å². The minimum absolute atomic E-state index is 0.123. The molecule has 1 aromatic rings. The molecule has 5 nitrogen and oxygen atoms in total. The van der Waals surface area contributed by atoms with Crippen molar-refractivity contribution in [1.82, 2.24) is 10.3 Å². The van der Waals surface area contributed by atoms with Crippen molar-refractivity contribution in [1.29, 1.82) is 0 Å². The smallest absolute Gasteiger partial charge is 0.394 e. The first kappa shape index (κ1) is 15.7. The lowest BCUT2D eigenvalue weighted by molar-refractivity contribution is -0.137. The summed E-state index contributed by atoms with van der Waals surface area (Å²) in [4.78, 5) is 15.6. The number of nitrogens with one attached hydrogen (secondary N) is 1. The first-order valence-electron chi connectivity index (χ1n) is 6.41. The molecule has 1 amide bonds. The van der Waals surface area contributed by atoms with Crippen LogP contribution in [-0.2, 0) is 10.9 Å². The number of alkyl halides is 3. The fraction of sp³-hybridized carbons (Fsp3) is 0.538. The van der Waals surface area contributed by atoms with E-state index >= 15 is 0 Å². The number of rotatable bonds is 3. The summed E-state index contributed by atoms with van der Waals surface area (Å²) >= 11 is 0. The summed E-state index contributed by atoms with van der Waals surface area (Å²) in [7, 11) is 0. The lowest BCUT2D eigenvalue weighted by Crippen LogP contribution is -2.54. The lowest BCUT2D eigenvalue weighted by atomic mass is 9.91. The number of aromatic nitrogens is 1. The molecule has 21 heavy (non-hydrogen) atoms. The van der Waals surface area contributed by atoms with E-state index in [0.717, 1.165) is 12.1 Å². The molecular formula is C13H15F3N2O3. The zero-order chi connectivity index (χ0) is 15.5. The highest BCUT2D eigenvalue weighted by atomic mass is 19.4. The van der Waals surface area contributed by atoms with Crippen LogP contribution in [0.15, 0.2) is 18.3 Å². The van der Waals surface area contributed by atoms with Crippen LogP contribution in [0.1, 0.15) is 28.9 Å². The third kappa shape index (κ3) is 3.70. The Hall–Kier alpha value is -1.67. The molecule has 0 spiro atoms. The molecule has 0 unspecified atom stereocenters.